The van der Waals surface area contributed by atoms with Gasteiger partial charge in [0.2, 0.25) is 5.89 Å². The molecule has 0 unspecified atom stereocenters. The summed E-state index contributed by atoms with van der Waals surface area (Å²) in [6.45, 7) is 3.36. The molecule has 0 saturated carbocycles. The predicted octanol–water partition coefficient (Wildman–Crippen LogP) is 3.00. The number of hydrogen-bond donors (Lipinski definition) is 0. The van der Waals surface area contributed by atoms with Crippen LogP contribution in [0.25, 0.3) is 10.2 Å². The zero-order valence-electron chi connectivity index (χ0n) is 14.5. The molecule has 0 spiro atoms. The van der Waals surface area contributed by atoms with Crippen molar-refractivity contribution in [3.63, 3.8) is 0 Å². The van der Waals surface area contributed by atoms with Gasteiger partial charge in [-0.3, -0.25) is 0 Å². The second-order valence-corrected chi connectivity index (χ2v) is 9.81. The number of anilines is 1. The number of benzene rings is 1. The third kappa shape index (κ3) is 3.59. The van der Waals surface area contributed by atoms with E-state index in [1.807, 2.05) is 18.2 Å². The SMILES string of the molecule is CCS(=O)(=O)Cc1noc(C2CCN(c3nc4ccccc4s3)CC2)n1. The van der Waals surface area contributed by atoms with E-state index in [9.17, 15) is 8.42 Å². The van der Waals surface area contributed by atoms with Gasteiger partial charge in [-0.2, -0.15) is 4.98 Å². The Hall–Kier alpha value is -2.00. The summed E-state index contributed by atoms with van der Waals surface area (Å²) in [5.74, 6) is 0.909. The lowest BCUT2D eigenvalue weighted by Gasteiger charge is -2.29. The maximum Gasteiger partial charge on any atom is 0.229 e. The van der Waals surface area contributed by atoms with Crippen molar-refractivity contribution < 1.29 is 12.9 Å². The Morgan fingerprint density at radius 1 is 1.23 bits per heavy atom. The minimum Gasteiger partial charge on any atom is -0.348 e. The van der Waals surface area contributed by atoms with E-state index in [2.05, 4.69) is 21.1 Å². The monoisotopic (exact) mass is 392 g/mol. The smallest absolute Gasteiger partial charge is 0.229 e. The molecule has 7 nitrogen and oxygen atoms in total. The van der Waals surface area contributed by atoms with E-state index in [1.165, 1.54) is 4.70 Å². The van der Waals surface area contributed by atoms with Crippen molar-refractivity contribution in [1.82, 2.24) is 15.1 Å². The summed E-state index contributed by atoms with van der Waals surface area (Å²) < 4.78 is 29.9. The van der Waals surface area contributed by atoms with Crippen LogP contribution in [0.3, 0.4) is 0 Å². The minimum atomic E-state index is -3.15. The molecule has 1 aromatic carbocycles. The molecule has 3 heterocycles. The molecule has 0 N–H and O–H groups in total. The average Bonchev–Trinajstić information content (AvgIpc) is 3.28. The highest BCUT2D eigenvalue weighted by molar-refractivity contribution is 7.90. The summed E-state index contributed by atoms with van der Waals surface area (Å²) in [4.78, 5) is 11.3. The molecular weight excluding hydrogens is 372 g/mol. The van der Waals surface area contributed by atoms with Crippen LogP contribution in [0.2, 0.25) is 0 Å². The van der Waals surface area contributed by atoms with Crippen LogP contribution in [-0.2, 0) is 15.6 Å². The van der Waals surface area contributed by atoms with Crippen LogP contribution in [0.15, 0.2) is 28.8 Å². The van der Waals surface area contributed by atoms with Gasteiger partial charge in [-0.1, -0.05) is 35.5 Å². The molecule has 0 amide bonds. The summed E-state index contributed by atoms with van der Waals surface area (Å²) in [5.41, 5.74) is 1.04. The Kier molecular flexibility index (Phi) is 4.66. The van der Waals surface area contributed by atoms with Gasteiger partial charge in [0.05, 0.1) is 10.2 Å². The summed E-state index contributed by atoms with van der Waals surface area (Å²) in [7, 11) is -3.15. The molecule has 4 rings (SSSR count). The van der Waals surface area contributed by atoms with Gasteiger partial charge < -0.3 is 9.42 Å². The highest BCUT2D eigenvalue weighted by atomic mass is 32.2. The Morgan fingerprint density at radius 2 is 2.00 bits per heavy atom. The molecule has 0 bridgehead atoms. The molecule has 9 heteroatoms. The number of piperidine rings is 1. The van der Waals surface area contributed by atoms with E-state index in [4.69, 9.17) is 9.51 Å². The quantitative estimate of drug-likeness (QED) is 0.659. The second-order valence-electron chi connectivity index (χ2n) is 6.45. The maximum absolute atomic E-state index is 11.7. The molecule has 1 saturated heterocycles. The molecule has 3 aromatic rings. The number of fused-ring (bicyclic) bond motifs is 1. The molecule has 2 aromatic heterocycles. The molecule has 0 atom stereocenters. The number of para-hydroxylation sites is 1. The van der Waals surface area contributed by atoms with Crippen LogP contribution >= 0.6 is 11.3 Å². The Labute approximate surface area is 156 Å². The predicted molar refractivity (Wildman–Crippen MR) is 101 cm³/mol. The average molecular weight is 393 g/mol. The molecule has 1 aliphatic rings. The van der Waals surface area contributed by atoms with Crippen LogP contribution in [0.4, 0.5) is 5.13 Å². The topological polar surface area (TPSA) is 89.2 Å². The Morgan fingerprint density at radius 3 is 2.73 bits per heavy atom. The molecule has 1 aliphatic heterocycles. The fourth-order valence-corrected chi connectivity index (χ4v) is 4.84. The lowest BCUT2D eigenvalue weighted by molar-refractivity contribution is 0.327. The van der Waals surface area contributed by atoms with Gasteiger partial charge in [-0.25, -0.2) is 13.4 Å². The number of hydrogen-bond acceptors (Lipinski definition) is 8. The van der Waals surface area contributed by atoms with Gasteiger partial charge >= 0.3 is 0 Å². The van der Waals surface area contributed by atoms with E-state index >= 15 is 0 Å². The third-order valence-electron chi connectivity index (χ3n) is 4.67. The first-order valence-corrected chi connectivity index (χ1v) is 11.3. The van der Waals surface area contributed by atoms with Crippen molar-refractivity contribution in [3.05, 3.63) is 36.0 Å². The lowest BCUT2D eigenvalue weighted by Crippen LogP contribution is -2.32. The van der Waals surface area contributed by atoms with E-state index in [0.29, 0.717) is 5.89 Å². The highest BCUT2D eigenvalue weighted by Crippen LogP contribution is 2.33. The van der Waals surface area contributed by atoms with Crippen molar-refractivity contribution in [2.45, 2.75) is 31.4 Å². The van der Waals surface area contributed by atoms with Gasteiger partial charge in [-0.05, 0) is 25.0 Å². The summed E-state index contributed by atoms with van der Waals surface area (Å²) in [6.07, 6.45) is 1.77. The van der Waals surface area contributed by atoms with E-state index < -0.39 is 9.84 Å². The van der Waals surface area contributed by atoms with E-state index in [-0.39, 0.29) is 23.2 Å². The fourth-order valence-electron chi connectivity index (χ4n) is 3.10. The van der Waals surface area contributed by atoms with Gasteiger partial charge in [0.25, 0.3) is 0 Å². The first-order chi connectivity index (χ1) is 12.5. The van der Waals surface area contributed by atoms with Gasteiger partial charge in [0.1, 0.15) is 5.75 Å². The van der Waals surface area contributed by atoms with Gasteiger partial charge in [0, 0.05) is 24.8 Å². The van der Waals surface area contributed by atoms with Crippen molar-refractivity contribution in [1.29, 1.82) is 0 Å². The summed E-state index contributed by atoms with van der Waals surface area (Å²) in [5, 5.41) is 4.89. The van der Waals surface area contributed by atoms with Crippen LogP contribution in [0.5, 0.6) is 0 Å². The standard InChI is InChI=1S/C17H20N4O3S2/c1-2-26(22,23)11-15-19-16(24-20-15)12-7-9-21(10-8-12)17-18-13-5-3-4-6-14(13)25-17/h3-6,12H,2,7-11H2,1H3. The van der Waals surface area contributed by atoms with Gasteiger partial charge in [0.15, 0.2) is 20.8 Å². The fraction of sp³-hybridized carbons (Fsp3) is 0.471. The number of rotatable bonds is 5. The van der Waals surface area contributed by atoms with Crippen molar-refractivity contribution in [2.24, 2.45) is 0 Å². The normalized spacial score (nSPS) is 16.4. The number of thiazole rings is 1. The molecule has 0 aliphatic carbocycles. The molecule has 0 radical (unpaired) electrons. The largest absolute Gasteiger partial charge is 0.348 e. The number of aromatic nitrogens is 3. The van der Waals surface area contributed by atoms with E-state index in [0.717, 1.165) is 36.6 Å². The highest BCUT2D eigenvalue weighted by Gasteiger charge is 2.27. The first-order valence-electron chi connectivity index (χ1n) is 8.67. The summed E-state index contributed by atoms with van der Waals surface area (Å²) >= 11 is 1.71. The maximum atomic E-state index is 11.7. The molecule has 138 valence electrons. The van der Waals surface area contributed by atoms with Crippen molar-refractivity contribution in [3.8, 4) is 0 Å². The van der Waals surface area contributed by atoms with Crippen LogP contribution in [-0.4, -0.2) is 42.4 Å². The van der Waals surface area contributed by atoms with Crippen molar-refractivity contribution >= 4 is 36.5 Å². The molecule has 26 heavy (non-hydrogen) atoms. The zero-order chi connectivity index (χ0) is 18.1. The number of nitrogens with zero attached hydrogens (tertiary/aromatic N) is 4. The van der Waals surface area contributed by atoms with Crippen LogP contribution in [0.1, 0.15) is 37.4 Å². The lowest BCUT2D eigenvalue weighted by atomic mass is 9.97. The second kappa shape index (κ2) is 6.96. The van der Waals surface area contributed by atoms with Gasteiger partial charge in [-0.15, -0.1) is 0 Å². The van der Waals surface area contributed by atoms with Crippen LogP contribution in [0, 0.1) is 0 Å². The third-order valence-corrected chi connectivity index (χ3v) is 7.34. The molecular formula is C17H20N4O3S2. The first kappa shape index (κ1) is 17.4. The number of sulfone groups is 1. The Bertz CT molecular complexity index is 971. The minimum absolute atomic E-state index is 0.0808. The van der Waals surface area contributed by atoms with Crippen molar-refractivity contribution in [2.75, 3.05) is 23.7 Å². The van der Waals surface area contributed by atoms with Crippen LogP contribution < -0.4 is 4.90 Å². The Balaban J connectivity index is 1.41. The molecule has 1 fully saturated rings. The summed E-state index contributed by atoms with van der Waals surface area (Å²) in [6, 6.07) is 8.16. The van der Waals surface area contributed by atoms with E-state index in [1.54, 1.807) is 18.3 Å². The zero-order valence-corrected chi connectivity index (χ0v) is 16.1.